The lowest BCUT2D eigenvalue weighted by molar-refractivity contribution is 0.834. The minimum absolute atomic E-state index is 0.656. The zero-order valence-corrected chi connectivity index (χ0v) is 13.4. The lowest BCUT2D eigenvalue weighted by Gasteiger charge is -2.19. The monoisotopic (exact) mass is 317 g/mol. The average molecular weight is 317 g/mol. The van der Waals surface area contributed by atoms with Gasteiger partial charge in [0.2, 0.25) is 5.95 Å². The highest BCUT2D eigenvalue weighted by molar-refractivity contribution is 5.59. The summed E-state index contributed by atoms with van der Waals surface area (Å²) in [5, 5.41) is 3.33. The molecule has 4 rings (SSSR count). The van der Waals surface area contributed by atoms with E-state index in [1.165, 1.54) is 11.3 Å². The molecule has 0 unspecified atom stereocenters. The lowest BCUT2D eigenvalue weighted by Crippen LogP contribution is -2.27. The molecule has 1 aromatic carbocycles. The number of anilines is 2. The van der Waals surface area contributed by atoms with Gasteiger partial charge < -0.3 is 10.2 Å². The Hall–Kier alpha value is -2.95. The molecule has 1 N–H and O–H groups in total. The second-order valence-corrected chi connectivity index (χ2v) is 5.80. The van der Waals surface area contributed by atoms with Gasteiger partial charge in [0.15, 0.2) is 0 Å². The smallest absolute Gasteiger partial charge is 0.223 e. The van der Waals surface area contributed by atoms with Crippen molar-refractivity contribution in [2.24, 2.45) is 0 Å². The number of rotatable bonds is 5. The number of pyridine rings is 1. The van der Waals surface area contributed by atoms with Crippen molar-refractivity contribution in [3.05, 3.63) is 66.6 Å². The highest BCUT2D eigenvalue weighted by Gasteiger charge is 2.17. The van der Waals surface area contributed by atoms with Gasteiger partial charge in [-0.15, -0.1) is 0 Å². The predicted molar refractivity (Wildman–Crippen MR) is 96.1 cm³/mol. The topological polar surface area (TPSA) is 53.9 Å². The van der Waals surface area contributed by atoms with Crippen molar-refractivity contribution < 1.29 is 0 Å². The Morgan fingerprint density at radius 3 is 2.92 bits per heavy atom. The maximum Gasteiger partial charge on any atom is 0.223 e. The van der Waals surface area contributed by atoms with Crippen molar-refractivity contribution in [1.82, 2.24) is 15.0 Å². The Balaban J connectivity index is 1.39. The summed E-state index contributed by atoms with van der Waals surface area (Å²) in [6.07, 6.45) is 6.48. The van der Waals surface area contributed by atoms with Gasteiger partial charge in [0.05, 0.1) is 5.69 Å². The van der Waals surface area contributed by atoms with Crippen LogP contribution in [0.1, 0.15) is 5.56 Å². The van der Waals surface area contributed by atoms with Gasteiger partial charge in [-0.1, -0.05) is 18.2 Å². The molecule has 0 saturated heterocycles. The minimum Gasteiger partial charge on any atom is -0.369 e. The molecule has 24 heavy (non-hydrogen) atoms. The minimum atomic E-state index is 0.656. The van der Waals surface area contributed by atoms with Gasteiger partial charge in [0.25, 0.3) is 0 Å². The molecule has 0 aliphatic carbocycles. The predicted octanol–water partition coefficient (Wildman–Crippen LogP) is 3.01. The Morgan fingerprint density at radius 2 is 2.00 bits per heavy atom. The van der Waals surface area contributed by atoms with Crippen molar-refractivity contribution in [1.29, 1.82) is 0 Å². The largest absolute Gasteiger partial charge is 0.369 e. The summed E-state index contributed by atoms with van der Waals surface area (Å²) in [4.78, 5) is 15.4. The van der Waals surface area contributed by atoms with E-state index in [9.17, 15) is 0 Å². The normalized spacial score (nSPS) is 12.9. The zero-order chi connectivity index (χ0) is 16.2. The van der Waals surface area contributed by atoms with Gasteiger partial charge >= 0.3 is 0 Å². The van der Waals surface area contributed by atoms with Crippen LogP contribution >= 0.6 is 0 Å². The first kappa shape index (κ1) is 14.6. The maximum absolute atomic E-state index is 4.57. The van der Waals surface area contributed by atoms with Crippen molar-refractivity contribution in [2.75, 3.05) is 29.9 Å². The van der Waals surface area contributed by atoms with Gasteiger partial charge in [-0.25, -0.2) is 9.97 Å². The highest BCUT2D eigenvalue weighted by atomic mass is 15.2. The second-order valence-electron chi connectivity index (χ2n) is 5.80. The van der Waals surface area contributed by atoms with E-state index < -0.39 is 0 Å². The van der Waals surface area contributed by atoms with Gasteiger partial charge in [0.1, 0.15) is 0 Å². The Bertz CT molecular complexity index is 819. The van der Waals surface area contributed by atoms with E-state index in [4.69, 9.17) is 0 Å². The summed E-state index contributed by atoms with van der Waals surface area (Å²) >= 11 is 0. The van der Waals surface area contributed by atoms with Crippen LogP contribution in [0.3, 0.4) is 0 Å². The molecule has 0 fully saturated rings. The first-order chi connectivity index (χ1) is 11.9. The molecule has 5 nitrogen and oxygen atoms in total. The molecule has 1 aliphatic heterocycles. The van der Waals surface area contributed by atoms with Crippen molar-refractivity contribution >= 4 is 11.6 Å². The molecule has 3 aromatic rings. The summed E-state index contributed by atoms with van der Waals surface area (Å²) < 4.78 is 0. The van der Waals surface area contributed by atoms with Crippen LogP contribution in [-0.2, 0) is 6.42 Å². The van der Waals surface area contributed by atoms with E-state index in [0.717, 1.165) is 37.3 Å². The van der Waals surface area contributed by atoms with Crippen molar-refractivity contribution in [3.63, 3.8) is 0 Å². The number of benzene rings is 1. The molecule has 2 aromatic heterocycles. The fourth-order valence-electron chi connectivity index (χ4n) is 3.06. The van der Waals surface area contributed by atoms with Crippen LogP contribution in [0.5, 0.6) is 0 Å². The lowest BCUT2D eigenvalue weighted by atomic mass is 10.2. The summed E-state index contributed by atoms with van der Waals surface area (Å²) in [6.45, 7) is 2.83. The molecule has 1 aliphatic rings. The van der Waals surface area contributed by atoms with Crippen LogP contribution in [-0.4, -0.2) is 34.6 Å². The molecule has 0 atom stereocenters. The van der Waals surface area contributed by atoms with Crippen LogP contribution in [0, 0.1) is 0 Å². The van der Waals surface area contributed by atoms with E-state index in [1.807, 2.05) is 24.4 Å². The van der Waals surface area contributed by atoms with Gasteiger partial charge in [-0.3, -0.25) is 4.98 Å². The summed E-state index contributed by atoms with van der Waals surface area (Å²) in [5.41, 5.74) is 4.67. The number of hydrogen-bond acceptors (Lipinski definition) is 5. The third-order valence-electron chi connectivity index (χ3n) is 4.26. The number of para-hydroxylation sites is 1. The summed E-state index contributed by atoms with van der Waals surface area (Å²) in [5.74, 6) is 0.656. The van der Waals surface area contributed by atoms with Gasteiger partial charge in [-0.05, 0) is 36.2 Å². The number of aromatic nitrogens is 3. The molecule has 0 bridgehead atoms. The number of nitrogens with one attached hydrogen (secondary N) is 1. The average Bonchev–Trinajstić information content (AvgIpc) is 3.06. The van der Waals surface area contributed by atoms with E-state index >= 15 is 0 Å². The highest BCUT2D eigenvalue weighted by Crippen LogP contribution is 2.26. The Morgan fingerprint density at radius 1 is 1.04 bits per heavy atom. The van der Waals surface area contributed by atoms with Crippen molar-refractivity contribution in [3.8, 4) is 11.3 Å². The van der Waals surface area contributed by atoms with Gasteiger partial charge in [0, 0.05) is 49.5 Å². The third-order valence-corrected chi connectivity index (χ3v) is 4.26. The second kappa shape index (κ2) is 6.66. The number of fused-ring (bicyclic) bond motifs is 1. The van der Waals surface area contributed by atoms with Crippen LogP contribution < -0.4 is 10.2 Å². The summed E-state index contributed by atoms with van der Waals surface area (Å²) in [7, 11) is 0. The number of nitrogens with zero attached hydrogens (tertiary/aromatic N) is 4. The fourth-order valence-corrected chi connectivity index (χ4v) is 3.06. The molecule has 120 valence electrons. The SMILES string of the molecule is c1cncc(-c2ccnc(NCCN3CCc4ccccc43)n2)c1. The molecule has 0 saturated carbocycles. The van der Waals surface area contributed by atoms with E-state index in [0.29, 0.717) is 5.95 Å². The standard InChI is InChI=1S/C19H19N5/c1-2-6-18-15(4-1)8-12-24(18)13-11-22-19-21-10-7-17(23-19)16-5-3-9-20-14-16/h1-7,9-10,14H,8,11-13H2,(H,21,22,23). The molecular weight excluding hydrogens is 298 g/mol. The van der Waals surface area contributed by atoms with Crippen LogP contribution in [0.25, 0.3) is 11.3 Å². The van der Waals surface area contributed by atoms with Crippen LogP contribution in [0.15, 0.2) is 61.1 Å². The Kier molecular flexibility index (Phi) is 4.06. The first-order valence-electron chi connectivity index (χ1n) is 8.20. The molecular formula is C19H19N5. The Labute approximate surface area is 141 Å². The van der Waals surface area contributed by atoms with E-state index in [1.54, 1.807) is 12.4 Å². The maximum atomic E-state index is 4.57. The third kappa shape index (κ3) is 3.06. The molecule has 3 heterocycles. The molecule has 0 radical (unpaired) electrons. The zero-order valence-electron chi connectivity index (χ0n) is 13.4. The molecule has 0 amide bonds. The van der Waals surface area contributed by atoms with Crippen LogP contribution in [0.2, 0.25) is 0 Å². The van der Waals surface area contributed by atoms with Crippen LogP contribution in [0.4, 0.5) is 11.6 Å². The summed E-state index contributed by atoms with van der Waals surface area (Å²) in [6, 6.07) is 14.4. The van der Waals surface area contributed by atoms with Gasteiger partial charge in [-0.2, -0.15) is 0 Å². The van der Waals surface area contributed by atoms with E-state index in [2.05, 4.69) is 49.4 Å². The molecule has 0 spiro atoms. The number of hydrogen-bond donors (Lipinski definition) is 1. The first-order valence-corrected chi connectivity index (χ1v) is 8.20. The molecule has 5 heteroatoms. The van der Waals surface area contributed by atoms with E-state index in [-0.39, 0.29) is 0 Å². The van der Waals surface area contributed by atoms with Crippen molar-refractivity contribution in [2.45, 2.75) is 6.42 Å². The quantitative estimate of drug-likeness (QED) is 0.784. The fraction of sp³-hybridized carbons (Fsp3) is 0.211.